The van der Waals surface area contributed by atoms with Gasteiger partial charge < -0.3 is 5.11 Å². The summed E-state index contributed by atoms with van der Waals surface area (Å²) >= 11 is 5.80. The van der Waals surface area contributed by atoms with Crippen molar-refractivity contribution in [1.29, 1.82) is 0 Å². The maximum absolute atomic E-state index is 11.2. The molecular weight excluding hydrogens is 318 g/mol. The average Bonchev–Trinajstić information content (AvgIpc) is 2.80. The molecule has 2 rings (SSSR count). The lowest BCUT2D eigenvalue weighted by Crippen LogP contribution is -2.13. The van der Waals surface area contributed by atoms with Crippen molar-refractivity contribution in [2.75, 3.05) is 12.0 Å². The van der Waals surface area contributed by atoms with Crippen molar-refractivity contribution in [2.24, 2.45) is 0 Å². The van der Waals surface area contributed by atoms with Gasteiger partial charge in [-0.1, -0.05) is 28.9 Å². The Hall–Kier alpha value is -1.93. The number of hydrogen-bond donors (Lipinski definition) is 1. The maximum atomic E-state index is 11.2. The fourth-order valence-electron chi connectivity index (χ4n) is 1.76. The molecule has 0 spiro atoms. The zero-order chi connectivity index (χ0) is 15.6. The van der Waals surface area contributed by atoms with Crippen molar-refractivity contribution in [2.45, 2.75) is 6.54 Å². The number of nitrogens with zero attached hydrogens (tertiary/aromatic N) is 3. The monoisotopic (exact) mass is 329 g/mol. The third-order valence-corrected chi connectivity index (χ3v) is 3.91. The van der Waals surface area contributed by atoms with Crippen LogP contribution < -0.4 is 0 Å². The van der Waals surface area contributed by atoms with Gasteiger partial charge in [-0.25, -0.2) is 17.9 Å². The molecule has 21 heavy (non-hydrogen) atoms. The van der Waals surface area contributed by atoms with Crippen molar-refractivity contribution in [3.63, 3.8) is 0 Å². The van der Waals surface area contributed by atoms with E-state index in [0.717, 1.165) is 6.26 Å². The second kappa shape index (κ2) is 5.82. The van der Waals surface area contributed by atoms with Gasteiger partial charge in [0, 0.05) is 16.8 Å². The lowest BCUT2D eigenvalue weighted by atomic mass is 10.1. The predicted octanol–water partition coefficient (Wildman–Crippen LogP) is 1.34. The number of sulfone groups is 1. The molecule has 0 fully saturated rings. The standard InChI is InChI=1S/C12H12ClN3O4S/c1-21(19,20)7-6-16-11(10(12(17)18)14-15-16)8-2-4-9(13)5-3-8/h2-5H,6-7H2,1H3,(H,17,18). The fourth-order valence-corrected chi connectivity index (χ4v) is 2.39. The molecule has 1 heterocycles. The van der Waals surface area contributed by atoms with Crippen molar-refractivity contribution in [3.05, 3.63) is 35.0 Å². The van der Waals surface area contributed by atoms with E-state index in [1.54, 1.807) is 24.3 Å². The Kier molecular flexibility index (Phi) is 4.29. The van der Waals surface area contributed by atoms with Crippen molar-refractivity contribution in [1.82, 2.24) is 15.0 Å². The van der Waals surface area contributed by atoms with E-state index in [4.69, 9.17) is 16.7 Å². The highest BCUT2D eigenvalue weighted by Gasteiger charge is 2.21. The van der Waals surface area contributed by atoms with Crippen LogP contribution in [0.2, 0.25) is 5.02 Å². The number of hydrogen-bond acceptors (Lipinski definition) is 5. The molecule has 9 heteroatoms. The molecular formula is C12H12ClN3O4S. The second-order valence-electron chi connectivity index (χ2n) is 4.45. The highest BCUT2D eigenvalue weighted by molar-refractivity contribution is 7.90. The topological polar surface area (TPSA) is 102 Å². The predicted molar refractivity (Wildman–Crippen MR) is 77.1 cm³/mol. The molecule has 7 nitrogen and oxygen atoms in total. The molecule has 0 atom stereocenters. The summed E-state index contributed by atoms with van der Waals surface area (Å²) in [6, 6.07) is 6.47. The summed E-state index contributed by atoms with van der Waals surface area (Å²) in [5, 5.41) is 17.0. The molecule has 0 bridgehead atoms. The molecule has 1 aromatic heterocycles. The molecule has 1 N–H and O–H groups in total. The van der Waals surface area contributed by atoms with Crippen LogP contribution in [-0.4, -0.2) is 46.5 Å². The van der Waals surface area contributed by atoms with Crippen LogP contribution in [0.3, 0.4) is 0 Å². The van der Waals surface area contributed by atoms with E-state index < -0.39 is 15.8 Å². The normalized spacial score (nSPS) is 11.5. The summed E-state index contributed by atoms with van der Waals surface area (Å²) in [6.45, 7) is 0.0249. The highest BCUT2D eigenvalue weighted by atomic mass is 35.5. The van der Waals surface area contributed by atoms with Crippen LogP contribution in [0.1, 0.15) is 10.5 Å². The van der Waals surface area contributed by atoms with Gasteiger partial charge >= 0.3 is 5.97 Å². The van der Waals surface area contributed by atoms with E-state index in [-0.39, 0.29) is 23.7 Å². The van der Waals surface area contributed by atoms with Gasteiger partial charge in [-0.05, 0) is 12.1 Å². The Labute approximate surface area is 126 Å². The summed E-state index contributed by atoms with van der Waals surface area (Å²) in [5.74, 6) is -1.39. The smallest absolute Gasteiger partial charge is 0.358 e. The molecule has 0 aliphatic carbocycles. The van der Waals surface area contributed by atoms with Crippen LogP contribution in [0.25, 0.3) is 11.3 Å². The van der Waals surface area contributed by atoms with E-state index in [2.05, 4.69) is 10.3 Å². The van der Waals surface area contributed by atoms with E-state index in [9.17, 15) is 13.2 Å². The number of halogens is 1. The number of carboxylic acid groups (broad SMARTS) is 1. The number of carboxylic acids is 1. The van der Waals surface area contributed by atoms with Gasteiger partial charge in [0.1, 0.15) is 15.5 Å². The second-order valence-corrected chi connectivity index (χ2v) is 7.15. The van der Waals surface area contributed by atoms with Crippen molar-refractivity contribution < 1.29 is 18.3 Å². The number of rotatable bonds is 5. The Morgan fingerprint density at radius 1 is 1.33 bits per heavy atom. The van der Waals surface area contributed by atoms with E-state index in [0.29, 0.717) is 10.6 Å². The number of aryl methyl sites for hydroxylation is 1. The van der Waals surface area contributed by atoms with Crippen LogP contribution >= 0.6 is 11.6 Å². The first kappa shape index (κ1) is 15.5. The molecule has 0 aliphatic rings. The van der Waals surface area contributed by atoms with Gasteiger partial charge in [0.05, 0.1) is 12.3 Å². The van der Waals surface area contributed by atoms with Gasteiger partial charge in [0.2, 0.25) is 0 Å². The third kappa shape index (κ3) is 3.79. The van der Waals surface area contributed by atoms with Gasteiger partial charge in [-0.15, -0.1) is 5.10 Å². The van der Waals surface area contributed by atoms with Crippen molar-refractivity contribution in [3.8, 4) is 11.3 Å². The Morgan fingerprint density at radius 3 is 2.48 bits per heavy atom. The van der Waals surface area contributed by atoms with Gasteiger partial charge in [0.25, 0.3) is 0 Å². The molecule has 0 aliphatic heterocycles. The summed E-state index contributed by atoms with van der Waals surface area (Å²) < 4.78 is 23.8. The minimum atomic E-state index is -3.20. The molecule has 0 amide bonds. The average molecular weight is 330 g/mol. The van der Waals surface area contributed by atoms with Crippen LogP contribution in [0.15, 0.2) is 24.3 Å². The summed E-state index contributed by atoms with van der Waals surface area (Å²) in [4.78, 5) is 11.2. The number of aromatic nitrogens is 3. The van der Waals surface area contributed by atoms with E-state index in [1.165, 1.54) is 4.68 Å². The minimum Gasteiger partial charge on any atom is -0.476 e. The fraction of sp³-hybridized carbons (Fsp3) is 0.250. The molecule has 0 radical (unpaired) electrons. The third-order valence-electron chi connectivity index (χ3n) is 2.73. The largest absolute Gasteiger partial charge is 0.476 e. The Morgan fingerprint density at radius 2 is 1.95 bits per heavy atom. The zero-order valence-corrected chi connectivity index (χ0v) is 12.6. The number of benzene rings is 1. The Balaban J connectivity index is 2.47. The van der Waals surface area contributed by atoms with Crippen molar-refractivity contribution >= 4 is 27.4 Å². The van der Waals surface area contributed by atoms with Gasteiger partial charge in [-0.3, -0.25) is 0 Å². The first-order valence-corrected chi connectivity index (χ1v) is 8.32. The lowest BCUT2D eigenvalue weighted by molar-refractivity contribution is 0.0691. The number of carbonyl (C=O) groups is 1. The molecule has 0 saturated carbocycles. The van der Waals surface area contributed by atoms with E-state index >= 15 is 0 Å². The molecule has 112 valence electrons. The molecule has 1 aromatic carbocycles. The minimum absolute atomic E-state index is 0.0249. The molecule has 2 aromatic rings. The lowest BCUT2D eigenvalue weighted by Gasteiger charge is -2.07. The maximum Gasteiger partial charge on any atom is 0.358 e. The van der Waals surface area contributed by atoms with Crippen LogP contribution in [-0.2, 0) is 16.4 Å². The first-order valence-electron chi connectivity index (χ1n) is 5.88. The summed E-state index contributed by atoms with van der Waals surface area (Å²) in [5.41, 5.74) is 0.573. The molecule has 0 saturated heterocycles. The van der Waals surface area contributed by atoms with Crippen LogP contribution in [0.5, 0.6) is 0 Å². The van der Waals surface area contributed by atoms with E-state index in [1.807, 2.05) is 0 Å². The number of aromatic carboxylic acids is 1. The van der Waals surface area contributed by atoms with Crippen LogP contribution in [0.4, 0.5) is 0 Å². The Bertz CT molecular complexity index is 768. The first-order chi connectivity index (χ1) is 9.78. The molecule has 0 unspecified atom stereocenters. The quantitative estimate of drug-likeness (QED) is 0.888. The van der Waals surface area contributed by atoms with Gasteiger partial charge in [0.15, 0.2) is 5.69 Å². The zero-order valence-electron chi connectivity index (χ0n) is 11.0. The summed E-state index contributed by atoms with van der Waals surface area (Å²) in [7, 11) is -3.20. The van der Waals surface area contributed by atoms with Crippen LogP contribution in [0, 0.1) is 0 Å². The SMILES string of the molecule is CS(=O)(=O)CCn1nnc(C(=O)O)c1-c1ccc(Cl)cc1. The van der Waals surface area contributed by atoms with Gasteiger partial charge in [-0.2, -0.15) is 0 Å². The highest BCUT2D eigenvalue weighted by Crippen LogP contribution is 2.24. The summed E-state index contributed by atoms with van der Waals surface area (Å²) in [6.07, 6.45) is 1.10.